The number of rotatable bonds is 4. The van der Waals surface area contributed by atoms with Gasteiger partial charge in [-0.3, -0.25) is 4.79 Å². The van der Waals surface area contributed by atoms with Gasteiger partial charge in [-0.1, -0.05) is 25.7 Å². The lowest BCUT2D eigenvalue weighted by Gasteiger charge is -2.12. The van der Waals surface area contributed by atoms with Crippen molar-refractivity contribution in [2.45, 2.75) is 70.3 Å². The summed E-state index contributed by atoms with van der Waals surface area (Å²) in [6.45, 7) is 0. The molecule has 0 aromatic rings. The third-order valence-corrected chi connectivity index (χ3v) is 3.83. The Morgan fingerprint density at radius 1 is 1.00 bits per heavy atom. The molecule has 2 aliphatic rings. The molecular formula is C13H22O2. The molecule has 2 rings (SSSR count). The van der Waals surface area contributed by atoms with Crippen molar-refractivity contribution in [3.05, 3.63) is 0 Å². The molecule has 0 amide bonds. The summed E-state index contributed by atoms with van der Waals surface area (Å²) < 4.78 is 5.43. The molecule has 0 atom stereocenters. The highest BCUT2D eigenvalue weighted by Crippen LogP contribution is 2.29. The van der Waals surface area contributed by atoms with Gasteiger partial charge in [-0.25, -0.2) is 0 Å². The van der Waals surface area contributed by atoms with Gasteiger partial charge in [0.1, 0.15) is 6.10 Å². The number of ether oxygens (including phenoxy) is 1. The summed E-state index contributed by atoms with van der Waals surface area (Å²) in [5.41, 5.74) is 0. The van der Waals surface area contributed by atoms with E-state index in [1.54, 1.807) is 0 Å². The van der Waals surface area contributed by atoms with Crippen molar-refractivity contribution < 1.29 is 9.53 Å². The van der Waals surface area contributed by atoms with E-state index in [0.29, 0.717) is 6.42 Å². The molecule has 86 valence electrons. The fourth-order valence-corrected chi connectivity index (χ4v) is 2.87. The maximum absolute atomic E-state index is 11.5. The number of carbonyl (C=O) groups is 1. The van der Waals surface area contributed by atoms with E-state index in [0.717, 1.165) is 25.2 Å². The maximum atomic E-state index is 11.5. The van der Waals surface area contributed by atoms with Crippen molar-refractivity contribution in [2.75, 3.05) is 0 Å². The van der Waals surface area contributed by atoms with E-state index in [1.807, 2.05) is 0 Å². The number of hydrogen-bond donors (Lipinski definition) is 0. The topological polar surface area (TPSA) is 26.3 Å². The molecule has 0 spiro atoms. The predicted molar refractivity (Wildman–Crippen MR) is 59.5 cm³/mol. The highest BCUT2D eigenvalue weighted by atomic mass is 16.5. The Morgan fingerprint density at radius 3 is 2.27 bits per heavy atom. The smallest absolute Gasteiger partial charge is 0.306 e. The minimum absolute atomic E-state index is 0.0498. The Balaban J connectivity index is 1.59. The van der Waals surface area contributed by atoms with Crippen LogP contribution in [0.5, 0.6) is 0 Å². The van der Waals surface area contributed by atoms with Gasteiger partial charge in [-0.2, -0.15) is 0 Å². The monoisotopic (exact) mass is 210 g/mol. The first kappa shape index (κ1) is 11.0. The Morgan fingerprint density at radius 2 is 1.60 bits per heavy atom. The van der Waals surface area contributed by atoms with Crippen LogP contribution in [0.1, 0.15) is 64.2 Å². The van der Waals surface area contributed by atoms with Gasteiger partial charge in [0.2, 0.25) is 0 Å². The van der Waals surface area contributed by atoms with Gasteiger partial charge in [0, 0.05) is 6.42 Å². The van der Waals surface area contributed by atoms with Gasteiger partial charge in [-0.15, -0.1) is 0 Å². The van der Waals surface area contributed by atoms with E-state index >= 15 is 0 Å². The van der Waals surface area contributed by atoms with E-state index in [-0.39, 0.29) is 12.1 Å². The quantitative estimate of drug-likeness (QED) is 0.664. The van der Waals surface area contributed by atoms with E-state index in [9.17, 15) is 4.79 Å². The summed E-state index contributed by atoms with van der Waals surface area (Å²) in [7, 11) is 0. The molecule has 2 aliphatic carbocycles. The zero-order valence-corrected chi connectivity index (χ0v) is 9.54. The summed E-state index contributed by atoms with van der Waals surface area (Å²) >= 11 is 0. The lowest BCUT2D eigenvalue weighted by Crippen LogP contribution is -2.15. The van der Waals surface area contributed by atoms with Crippen LogP contribution >= 0.6 is 0 Å². The first-order valence-corrected chi connectivity index (χ1v) is 6.54. The average molecular weight is 210 g/mol. The van der Waals surface area contributed by atoms with Gasteiger partial charge in [-0.05, 0) is 38.0 Å². The second-order valence-electron chi connectivity index (χ2n) is 5.09. The van der Waals surface area contributed by atoms with Gasteiger partial charge in [0.15, 0.2) is 0 Å². The molecule has 0 unspecified atom stereocenters. The summed E-state index contributed by atoms with van der Waals surface area (Å²) in [6.07, 6.45) is 12.0. The maximum Gasteiger partial charge on any atom is 0.306 e. The summed E-state index contributed by atoms with van der Waals surface area (Å²) in [4.78, 5) is 11.5. The molecule has 0 radical (unpaired) electrons. The van der Waals surface area contributed by atoms with Crippen molar-refractivity contribution in [3.63, 3.8) is 0 Å². The van der Waals surface area contributed by atoms with Crippen LogP contribution in [0.2, 0.25) is 0 Å². The first-order valence-electron chi connectivity index (χ1n) is 6.54. The van der Waals surface area contributed by atoms with Crippen LogP contribution in [0.15, 0.2) is 0 Å². The molecule has 0 N–H and O–H groups in total. The molecule has 0 saturated heterocycles. The van der Waals surface area contributed by atoms with Crippen molar-refractivity contribution in [1.82, 2.24) is 0 Å². The Kier molecular flexibility index (Phi) is 4.04. The molecule has 2 nitrogen and oxygen atoms in total. The molecule has 0 aromatic carbocycles. The van der Waals surface area contributed by atoms with Crippen LogP contribution in [0, 0.1) is 5.92 Å². The zero-order valence-electron chi connectivity index (χ0n) is 9.54. The van der Waals surface area contributed by atoms with E-state index in [4.69, 9.17) is 4.74 Å². The molecule has 0 heterocycles. The predicted octanol–water partition coefficient (Wildman–Crippen LogP) is 3.44. The third kappa shape index (κ3) is 3.51. The molecular weight excluding hydrogens is 188 g/mol. The minimum Gasteiger partial charge on any atom is -0.462 e. The van der Waals surface area contributed by atoms with E-state index in [1.165, 1.54) is 38.5 Å². The molecule has 2 saturated carbocycles. The molecule has 0 aromatic heterocycles. The number of hydrogen-bond acceptors (Lipinski definition) is 2. The van der Waals surface area contributed by atoms with Crippen LogP contribution in [-0.4, -0.2) is 12.1 Å². The van der Waals surface area contributed by atoms with Crippen LogP contribution in [0.25, 0.3) is 0 Å². The highest BCUT2D eigenvalue weighted by molar-refractivity contribution is 5.69. The summed E-state index contributed by atoms with van der Waals surface area (Å²) in [5, 5.41) is 0. The third-order valence-electron chi connectivity index (χ3n) is 3.83. The number of carbonyl (C=O) groups excluding carboxylic acids is 1. The van der Waals surface area contributed by atoms with Crippen LogP contribution < -0.4 is 0 Å². The molecule has 2 heteroatoms. The molecule has 2 fully saturated rings. The lowest BCUT2D eigenvalue weighted by molar-refractivity contribution is -0.149. The van der Waals surface area contributed by atoms with E-state index < -0.39 is 0 Å². The van der Waals surface area contributed by atoms with E-state index in [2.05, 4.69) is 0 Å². The zero-order chi connectivity index (χ0) is 10.5. The van der Waals surface area contributed by atoms with Crippen LogP contribution in [0.4, 0.5) is 0 Å². The van der Waals surface area contributed by atoms with Crippen molar-refractivity contribution in [1.29, 1.82) is 0 Å². The molecule has 15 heavy (non-hydrogen) atoms. The van der Waals surface area contributed by atoms with Crippen LogP contribution in [-0.2, 0) is 9.53 Å². The largest absolute Gasteiger partial charge is 0.462 e. The molecule has 0 bridgehead atoms. The molecule has 0 aliphatic heterocycles. The fourth-order valence-electron chi connectivity index (χ4n) is 2.87. The summed E-state index contributed by atoms with van der Waals surface area (Å²) in [6, 6.07) is 0. The Bertz CT molecular complexity index is 201. The van der Waals surface area contributed by atoms with Gasteiger partial charge in [0.25, 0.3) is 0 Å². The minimum atomic E-state index is 0.0498. The fraction of sp³-hybridized carbons (Fsp3) is 0.923. The average Bonchev–Trinajstić information content (AvgIpc) is 2.86. The Labute approximate surface area is 92.4 Å². The van der Waals surface area contributed by atoms with Gasteiger partial charge < -0.3 is 4.74 Å². The van der Waals surface area contributed by atoms with Crippen molar-refractivity contribution in [3.8, 4) is 0 Å². The first-order chi connectivity index (χ1) is 7.34. The second-order valence-corrected chi connectivity index (χ2v) is 5.09. The van der Waals surface area contributed by atoms with Gasteiger partial charge >= 0.3 is 5.97 Å². The van der Waals surface area contributed by atoms with Crippen molar-refractivity contribution >= 4 is 5.97 Å². The van der Waals surface area contributed by atoms with Crippen molar-refractivity contribution in [2.24, 2.45) is 5.92 Å². The van der Waals surface area contributed by atoms with Gasteiger partial charge in [0.05, 0.1) is 0 Å². The SMILES string of the molecule is O=C(CCC1CCCC1)OC1CCCC1. The normalized spacial score (nSPS) is 23.5. The second kappa shape index (κ2) is 5.53. The number of esters is 1. The lowest BCUT2D eigenvalue weighted by atomic mass is 10.0. The summed E-state index contributed by atoms with van der Waals surface area (Å²) in [5.74, 6) is 0.856. The van der Waals surface area contributed by atoms with Crippen LogP contribution in [0.3, 0.4) is 0 Å². The standard InChI is InChI=1S/C13H22O2/c14-13(15-12-7-3-4-8-12)10-9-11-5-1-2-6-11/h11-12H,1-10H2. The Hall–Kier alpha value is -0.530. The highest BCUT2D eigenvalue weighted by Gasteiger charge is 2.21.